The Morgan fingerprint density at radius 2 is 1.68 bits per heavy atom. The van der Waals surface area contributed by atoms with Gasteiger partial charge in [0.25, 0.3) is 6.33 Å². The lowest BCUT2D eigenvalue weighted by Gasteiger charge is -2.10. The van der Waals surface area contributed by atoms with Gasteiger partial charge in [-0.2, -0.15) is 0 Å². The van der Waals surface area contributed by atoms with E-state index in [0.717, 1.165) is 0 Å². The van der Waals surface area contributed by atoms with Crippen LogP contribution in [0.25, 0.3) is 32.8 Å². The van der Waals surface area contributed by atoms with E-state index in [1.165, 1.54) is 38.4 Å². The SMILES string of the molecule is Cc1cc2ccc3ccccc3c2cc1-c1ccnc[n+]1C. The van der Waals surface area contributed by atoms with Crippen molar-refractivity contribution in [2.75, 3.05) is 0 Å². The predicted octanol–water partition coefficient (Wildman–Crippen LogP) is 4.19. The Bertz CT molecular complexity index is 1000. The van der Waals surface area contributed by atoms with Crippen LogP contribution in [0.15, 0.2) is 67.1 Å². The molecule has 0 amide bonds. The summed E-state index contributed by atoms with van der Waals surface area (Å²) in [7, 11) is 2.04. The molecule has 22 heavy (non-hydrogen) atoms. The summed E-state index contributed by atoms with van der Waals surface area (Å²) in [6, 6.07) is 19.6. The Kier molecular flexibility index (Phi) is 2.90. The quantitative estimate of drug-likeness (QED) is 0.378. The maximum Gasteiger partial charge on any atom is 0.286 e. The van der Waals surface area contributed by atoms with Crippen molar-refractivity contribution >= 4 is 21.5 Å². The third-order valence-corrected chi connectivity index (χ3v) is 4.30. The largest absolute Gasteiger partial charge is 0.286 e. The van der Waals surface area contributed by atoms with Gasteiger partial charge in [0.1, 0.15) is 11.9 Å². The zero-order chi connectivity index (χ0) is 15.1. The Hall–Kier alpha value is -2.74. The van der Waals surface area contributed by atoms with Crippen LogP contribution in [0.2, 0.25) is 0 Å². The van der Waals surface area contributed by atoms with Gasteiger partial charge in [-0.05, 0) is 40.1 Å². The van der Waals surface area contributed by atoms with Gasteiger partial charge in [-0.25, -0.2) is 4.57 Å². The molecule has 2 heteroatoms. The molecule has 0 aliphatic rings. The first-order valence-electron chi connectivity index (χ1n) is 7.46. The molecule has 0 aliphatic heterocycles. The highest BCUT2D eigenvalue weighted by Gasteiger charge is 2.11. The van der Waals surface area contributed by atoms with Gasteiger partial charge in [0.05, 0.1) is 7.05 Å². The summed E-state index contributed by atoms with van der Waals surface area (Å²) in [5.74, 6) is 0. The van der Waals surface area contributed by atoms with E-state index in [4.69, 9.17) is 0 Å². The summed E-state index contributed by atoms with van der Waals surface area (Å²) < 4.78 is 2.07. The summed E-state index contributed by atoms with van der Waals surface area (Å²) in [5, 5.41) is 5.18. The van der Waals surface area contributed by atoms with Crippen LogP contribution in [0.4, 0.5) is 0 Å². The monoisotopic (exact) mass is 285 g/mol. The number of rotatable bonds is 1. The molecular weight excluding hydrogens is 268 g/mol. The molecule has 4 aromatic rings. The average molecular weight is 285 g/mol. The molecule has 2 nitrogen and oxygen atoms in total. The molecule has 0 bridgehead atoms. The lowest BCUT2D eigenvalue weighted by molar-refractivity contribution is -0.663. The van der Waals surface area contributed by atoms with E-state index in [9.17, 15) is 0 Å². The lowest BCUT2D eigenvalue weighted by Crippen LogP contribution is -2.31. The molecule has 1 aromatic heterocycles. The maximum atomic E-state index is 4.18. The number of aromatic nitrogens is 2. The zero-order valence-electron chi connectivity index (χ0n) is 12.7. The standard InChI is InChI=1S/C20H17N2/c1-14-11-16-8-7-15-5-3-4-6-17(15)19(16)12-18(14)20-9-10-21-13-22(20)2/h3-13H,1-2H3/q+1. The van der Waals surface area contributed by atoms with Gasteiger partial charge in [0, 0.05) is 11.6 Å². The topological polar surface area (TPSA) is 16.8 Å². The number of nitrogens with zero attached hydrogens (tertiary/aromatic N) is 2. The third-order valence-electron chi connectivity index (χ3n) is 4.30. The van der Waals surface area contributed by atoms with Crippen molar-refractivity contribution in [1.82, 2.24) is 4.98 Å². The molecule has 0 saturated heterocycles. The first-order chi connectivity index (χ1) is 10.7. The van der Waals surface area contributed by atoms with Crippen LogP contribution in [0.1, 0.15) is 5.56 Å². The zero-order valence-corrected chi connectivity index (χ0v) is 12.7. The van der Waals surface area contributed by atoms with Crippen molar-refractivity contribution < 1.29 is 4.57 Å². The van der Waals surface area contributed by atoms with Crippen molar-refractivity contribution in [2.24, 2.45) is 7.05 Å². The summed E-state index contributed by atoms with van der Waals surface area (Å²) in [4.78, 5) is 4.18. The molecule has 0 radical (unpaired) electrons. The van der Waals surface area contributed by atoms with Crippen molar-refractivity contribution in [2.45, 2.75) is 6.92 Å². The Labute approximate surface area is 129 Å². The summed E-state index contributed by atoms with van der Waals surface area (Å²) in [6.45, 7) is 2.17. The van der Waals surface area contributed by atoms with Crippen molar-refractivity contribution in [3.05, 3.63) is 72.7 Å². The maximum absolute atomic E-state index is 4.18. The van der Waals surface area contributed by atoms with Crippen LogP contribution < -0.4 is 4.57 Å². The first-order valence-corrected chi connectivity index (χ1v) is 7.46. The van der Waals surface area contributed by atoms with Crippen molar-refractivity contribution in [3.63, 3.8) is 0 Å². The molecule has 4 rings (SSSR count). The number of fused-ring (bicyclic) bond motifs is 3. The smallest absolute Gasteiger partial charge is 0.233 e. The molecule has 0 unspecified atom stereocenters. The summed E-state index contributed by atoms with van der Waals surface area (Å²) in [5.41, 5.74) is 3.72. The van der Waals surface area contributed by atoms with Crippen LogP contribution in [-0.2, 0) is 7.05 Å². The van der Waals surface area contributed by atoms with Crippen LogP contribution in [0.5, 0.6) is 0 Å². The second kappa shape index (κ2) is 4.92. The molecule has 0 aliphatic carbocycles. The molecule has 0 N–H and O–H groups in total. The highest BCUT2D eigenvalue weighted by atomic mass is 15.0. The highest BCUT2D eigenvalue weighted by molar-refractivity contribution is 6.08. The van der Waals surface area contributed by atoms with Gasteiger partial charge in [-0.15, -0.1) is 0 Å². The van der Waals surface area contributed by atoms with Crippen LogP contribution in [-0.4, -0.2) is 4.98 Å². The number of hydrogen-bond donors (Lipinski definition) is 0. The first kappa shape index (κ1) is 13.0. The van der Waals surface area contributed by atoms with E-state index in [-0.39, 0.29) is 0 Å². The van der Waals surface area contributed by atoms with Gasteiger partial charge in [0.2, 0.25) is 0 Å². The van der Waals surface area contributed by atoms with E-state index in [2.05, 4.69) is 71.1 Å². The van der Waals surface area contributed by atoms with Crippen LogP contribution in [0, 0.1) is 6.92 Å². The van der Waals surface area contributed by atoms with Gasteiger partial charge in [-0.1, -0.05) is 47.4 Å². The van der Waals surface area contributed by atoms with Gasteiger partial charge in [0.15, 0.2) is 0 Å². The van der Waals surface area contributed by atoms with Crippen molar-refractivity contribution in [3.8, 4) is 11.3 Å². The van der Waals surface area contributed by atoms with E-state index in [1.54, 1.807) is 0 Å². The number of benzene rings is 3. The van der Waals surface area contributed by atoms with Gasteiger partial charge >= 0.3 is 0 Å². The third kappa shape index (κ3) is 1.96. The minimum Gasteiger partial charge on any atom is -0.233 e. The molecule has 0 saturated carbocycles. The average Bonchev–Trinajstić information content (AvgIpc) is 2.55. The number of hydrogen-bond acceptors (Lipinski definition) is 1. The fraction of sp³-hybridized carbons (Fsp3) is 0.100. The second-order valence-corrected chi connectivity index (χ2v) is 5.75. The minimum atomic E-state index is 1.18. The normalized spacial score (nSPS) is 11.2. The summed E-state index contributed by atoms with van der Waals surface area (Å²) >= 11 is 0. The summed E-state index contributed by atoms with van der Waals surface area (Å²) in [6.07, 6.45) is 3.70. The molecule has 0 spiro atoms. The molecule has 3 aromatic carbocycles. The van der Waals surface area contributed by atoms with Crippen LogP contribution >= 0.6 is 0 Å². The highest BCUT2D eigenvalue weighted by Crippen LogP contribution is 2.31. The minimum absolute atomic E-state index is 1.18. The van der Waals surface area contributed by atoms with Gasteiger partial charge < -0.3 is 0 Å². The van der Waals surface area contributed by atoms with Gasteiger partial charge in [-0.3, -0.25) is 0 Å². The van der Waals surface area contributed by atoms with E-state index in [1.807, 2.05) is 19.6 Å². The molecule has 0 atom stereocenters. The van der Waals surface area contributed by atoms with E-state index in [0.29, 0.717) is 0 Å². The van der Waals surface area contributed by atoms with E-state index < -0.39 is 0 Å². The molecule has 0 fully saturated rings. The predicted molar refractivity (Wildman–Crippen MR) is 90.6 cm³/mol. The Morgan fingerprint density at radius 1 is 0.864 bits per heavy atom. The Balaban J connectivity index is 2.10. The molecule has 1 heterocycles. The van der Waals surface area contributed by atoms with E-state index >= 15 is 0 Å². The van der Waals surface area contributed by atoms with Crippen molar-refractivity contribution in [1.29, 1.82) is 0 Å². The lowest BCUT2D eigenvalue weighted by atomic mass is 9.95. The Morgan fingerprint density at radius 3 is 2.55 bits per heavy atom. The molecule has 106 valence electrons. The number of aryl methyl sites for hydroxylation is 2. The van der Waals surface area contributed by atoms with Crippen LogP contribution in [0.3, 0.4) is 0 Å². The second-order valence-electron chi connectivity index (χ2n) is 5.75. The fourth-order valence-corrected chi connectivity index (χ4v) is 3.16. The molecular formula is C20H17N2+. The fourth-order valence-electron chi connectivity index (χ4n) is 3.16.